The molecule has 2 aliphatic heterocycles. The first-order valence-electron chi connectivity index (χ1n) is 10.8. The molecule has 6 nitrogen and oxygen atoms in total. The largest absolute Gasteiger partial charge is 0.391 e. The van der Waals surface area contributed by atoms with Crippen molar-refractivity contribution in [3.05, 3.63) is 15.6 Å². The summed E-state index contributed by atoms with van der Waals surface area (Å²) >= 11 is 1.56. The van der Waals surface area contributed by atoms with E-state index in [1.807, 2.05) is 9.80 Å². The fraction of sp³-hybridized carbons (Fsp3) is 0.762. The Morgan fingerprint density at radius 1 is 1.21 bits per heavy atom. The van der Waals surface area contributed by atoms with Crippen molar-refractivity contribution in [2.24, 2.45) is 11.3 Å². The van der Waals surface area contributed by atoms with Crippen molar-refractivity contribution in [2.75, 3.05) is 26.2 Å². The molecular weight excluding hydrogens is 374 g/mol. The van der Waals surface area contributed by atoms with Crippen LogP contribution in [0.5, 0.6) is 0 Å². The van der Waals surface area contributed by atoms with E-state index in [4.69, 9.17) is 0 Å². The van der Waals surface area contributed by atoms with Crippen molar-refractivity contribution in [1.29, 1.82) is 0 Å². The van der Waals surface area contributed by atoms with Gasteiger partial charge in [0.1, 0.15) is 0 Å². The Balaban J connectivity index is 1.26. The standard InChI is InChI=1S/C21H29N3O3S/c25-15-11-21(20(27)24(13-15)12-14-5-6-14)7-9-23(10-8-21)19(26)18-22-16-3-1-2-4-17(16)28-18/h14-15,25H,1-13H2. The lowest BCUT2D eigenvalue weighted by Gasteiger charge is -2.47. The van der Waals surface area contributed by atoms with Crippen molar-refractivity contribution in [1.82, 2.24) is 14.8 Å². The van der Waals surface area contributed by atoms with E-state index in [0.717, 1.165) is 25.1 Å². The highest BCUT2D eigenvalue weighted by molar-refractivity contribution is 7.13. The highest BCUT2D eigenvalue weighted by atomic mass is 32.1. The van der Waals surface area contributed by atoms with Gasteiger partial charge in [-0.2, -0.15) is 0 Å². The van der Waals surface area contributed by atoms with Gasteiger partial charge in [0.15, 0.2) is 5.01 Å². The Bertz CT molecular complexity index is 754. The lowest BCUT2D eigenvalue weighted by Crippen LogP contribution is -2.58. The van der Waals surface area contributed by atoms with E-state index in [1.54, 1.807) is 11.3 Å². The highest BCUT2D eigenvalue weighted by Crippen LogP contribution is 2.43. The van der Waals surface area contributed by atoms with Crippen LogP contribution in [0.4, 0.5) is 0 Å². The van der Waals surface area contributed by atoms with Gasteiger partial charge in [-0.15, -0.1) is 11.3 Å². The number of aliphatic hydroxyl groups is 1. The molecule has 5 rings (SSSR count). The fourth-order valence-corrected chi connectivity index (χ4v) is 6.30. The summed E-state index contributed by atoms with van der Waals surface area (Å²) < 4.78 is 0. The summed E-state index contributed by atoms with van der Waals surface area (Å²) in [6, 6.07) is 0. The summed E-state index contributed by atoms with van der Waals surface area (Å²) in [4.78, 5) is 35.8. The third-order valence-corrected chi connectivity index (χ3v) is 8.16. The molecule has 7 heteroatoms. The molecule has 28 heavy (non-hydrogen) atoms. The van der Waals surface area contributed by atoms with E-state index < -0.39 is 11.5 Å². The Labute approximate surface area is 169 Å². The predicted octanol–water partition coefficient (Wildman–Crippen LogP) is 2.25. The molecule has 0 radical (unpaired) electrons. The van der Waals surface area contributed by atoms with Crippen LogP contribution in [-0.4, -0.2) is 64.0 Å². The van der Waals surface area contributed by atoms with Crippen LogP contribution in [0.25, 0.3) is 0 Å². The molecule has 2 saturated heterocycles. The molecule has 2 amide bonds. The number of rotatable bonds is 3. The number of nitrogens with zero attached hydrogens (tertiary/aromatic N) is 3. The predicted molar refractivity (Wildman–Crippen MR) is 106 cm³/mol. The molecule has 1 saturated carbocycles. The molecule has 1 spiro atoms. The third kappa shape index (κ3) is 3.36. The molecule has 3 fully saturated rings. The van der Waals surface area contributed by atoms with Crippen LogP contribution in [0.15, 0.2) is 0 Å². The van der Waals surface area contributed by atoms with Gasteiger partial charge in [-0.1, -0.05) is 0 Å². The zero-order valence-corrected chi connectivity index (χ0v) is 17.2. The lowest BCUT2D eigenvalue weighted by atomic mass is 9.70. The summed E-state index contributed by atoms with van der Waals surface area (Å²) in [6.07, 6.45) is 8.21. The number of fused-ring (bicyclic) bond motifs is 1. The SMILES string of the molecule is O=C(c1nc2c(s1)CCCC2)N1CCC2(CC1)CC(O)CN(CC1CC1)C2=O. The number of hydrogen-bond acceptors (Lipinski definition) is 5. The number of thiazole rings is 1. The van der Waals surface area contributed by atoms with Crippen molar-refractivity contribution in [3.63, 3.8) is 0 Å². The van der Waals surface area contributed by atoms with Crippen LogP contribution in [0.1, 0.15) is 65.3 Å². The summed E-state index contributed by atoms with van der Waals surface area (Å²) in [5, 5.41) is 11.0. The van der Waals surface area contributed by atoms with Gasteiger partial charge >= 0.3 is 0 Å². The van der Waals surface area contributed by atoms with Crippen LogP contribution in [-0.2, 0) is 17.6 Å². The Kier molecular flexibility index (Phi) is 4.70. The Morgan fingerprint density at radius 2 is 1.96 bits per heavy atom. The van der Waals surface area contributed by atoms with E-state index in [9.17, 15) is 14.7 Å². The maximum Gasteiger partial charge on any atom is 0.282 e. The maximum absolute atomic E-state index is 13.2. The minimum absolute atomic E-state index is 0.0212. The van der Waals surface area contributed by atoms with E-state index in [-0.39, 0.29) is 11.8 Å². The number of carbonyl (C=O) groups is 2. The summed E-state index contributed by atoms with van der Waals surface area (Å²) in [5.74, 6) is 0.860. The Hall–Kier alpha value is -1.47. The number of amides is 2. The van der Waals surface area contributed by atoms with Gasteiger partial charge in [0.05, 0.1) is 17.2 Å². The van der Waals surface area contributed by atoms with Crippen LogP contribution >= 0.6 is 11.3 Å². The third-order valence-electron chi connectivity index (χ3n) is 7.01. The smallest absolute Gasteiger partial charge is 0.282 e. The minimum atomic E-state index is -0.481. The number of likely N-dealkylation sites (tertiary alicyclic amines) is 2. The summed E-state index contributed by atoms with van der Waals surface area (Å²) in [7, 11) is 0. The van der Waals surface area contributed by atoms with Crippen LogP contribution < -0.4 is 0 Å². The number of aryl methyl sites for hydroxylation is 2. The van der Waals surface area contributed by atoms with Gasteiger partial charge in [0.2, 0.25) is 5.91 Å². The van der Waals surface area contributed by atoms with E-state index in [2.05, 4.69) is 4.98 Å². The van der Waals surface area contributed by atoms with E-state index >= 15 is 0 Å². The number of piperidine rings is 2. The number of aliphatic hydroxyl groups excluding tert-OH is 1. The molecule has 1 atom stereocenters. The number of hydrogen-bond donors (Lipinski definition) is 1. The second kappa shape index (κ2) is 7.10. The van der Waals surface area contributed by atoms with Crippen molar-refractivity contribution < 1.29 is 14.7 Å². The van der Waals surface area contributed by atoms with Crippen molar-refractivity contribution in [3.8, 4) is 0 Å². The monoisotopic (exact) mass is 403 g/mol. The number of carbonyl (C=O) groups excluding carboxylic acids is 2. The first-order chi connectivity index (χ1) is 13.5. The summed E-state index contributed by atoms with van der Waals surface area (Å²) in [6.45, 7) is 2.44. The molecule has 0 bridgehead atoms. The van der Waals surface area contributed by atoms with Crippen LogP contribution in [0.3, 0.4) is 0 Å². The zero-order valence-electron chi connectivity index (χ0n) is 16.4. The van der Waals surface area contributed by atoms with Gasteiger partial charge in [0, 0.05) is 31.1 Å². The second-order valence-electron chi connectivity index (χ2n) is 9.18. The van der Waals surface area contributed by atoms with Gasteiger partial charge in [0.25, 0.3) is 5.91 Å². The number of aromatic nitrogens is 1. The Morgan fingerprint density at radius 3 is 2.68 bits per heavy atom. The van der Waals surface area contributed by atoms with Gasteiger partial charge in [-0.25, -0.2) is 4.98 Å². The first kappa shape index (κ1) is 18.6. The molecule has 2 aliphatic carbocycles. The van der Waals surface area contributed by atoms with Crippen LogP contribution in [0.2, 0.25) is 0 Å². The van der Waals surface area contributed by atoms with Crippen molar-refractivity contribution in [2.45, 2.75) is 63.9 Å². The average molecular weight is 404 g/mol. The zero-order chi connectivity index (χ0) is 19.3. The molecule has 1 aromatic rings. The molecule has 0 aromatic carbocycles. The highest BCUT2D eigenvalue weighted by Gasteiger charge is 2.49. The van der Waals surface area contributed by atoms with Crippen LogP contribution in [0, 0.1) is 11.3 Å². The molecule has 1 aromatic heterocycles. The fourth-order valence-electron chi connectivity index (χ4n) is 5.18. The maximum atomic E-state index is 13.2. The normalized spacial score (nSPS) is 27.2. The quantitative estimate of drug-likeness (QED) is 0.840. The topological polar surface area (TPSA) is 73.7 Å². The lowest BCUT2D eigenvalue weighted by molar-refractivity contribution is -0.156. The van der Waals surface area contributed by atoms with Gasteiger partial charge in [-0.05, 0) is 63.7 Å². The molecule has 3 heterocycles. The van der Waals surface area contributed by atoms with Gasteiger partial charge in [-0.3, -0.25) is 9.59 Å². The first-order valence-corrected chi connectivity index (χ1v) is 11.6. The average Bonchev–Trinajstić information content (AvgIpc) is 3.40. The minimum Gasteiger partial charge on any atom is -0.391 e. The van der Waals surface area contributed by atoms with E-state index in [1.165, 1.54) is 30.6 Å². The molecule has 1 N–H and O–H groups in total. The van der Waals surface area contributed by atoms with Crippen molar-refractivity contribution >= 4 is 23.2 Å². The molecule has 1 unspecified atom stereocenters. The molecule has 152 valence electrons. The second-order valence-corrected chi connectivity index (χ2v) is 10.3. The number of β-amino-alcohol motifs (C(OH)–C–C–N with tert-alkyl or cyclic N) is 1. The van der Waals surface area contributed by atoms with Gasteiger partial charge < -0.3 is 14.9 Å². The summed E-state index contributed by atoms with van der Waals surface area (Å²) in [5.41, 5.74) is 0.639. The molecule has 4 aliphatic rings. The van der Waals surface area contributed by atoms with E-state index in [0.29, 0.717) is 49.8 Å². The molecular formula is C21H29N3O3S.